The van der Waals surface area contributed by atoms with Gasteiger partial charge in [-0.2, -0.15) is 0 Å². The smallest absolute Gasteiger partial charge is 0.272 e. The molecule has 0 fully saturated rings. The van der Waals surface area contributed by atoms with Gasteiger partial charge in [0.05, 0.1) is 20.6 Å². The highest BCUT2D eigenvalue weighted by atomic mass is 79.9. The Morgan fingerprint density at radius 2 is 1.95 bits per heavy atom. The van der Waals surface area contributed by atoms with Crippen LogP contribution in [-0.4, -0.2) is 14.9 Å². The predicted octanol–water partition coefficient (Wildman–Crippen LogP) is 3.29. The van der Waals surface area contributed by atoms with E-state index in [0.717, 1.165) is 4.47 Å². The fourth-order valence-corrected chi connectivity index (χ4v) is 3.49. The third-order valence-electron chi connectivity index (χ3n) is 2.96. The first-order chi connectivity index (χ1) is 9.99. The second-order valence-electron chi connectivity index (χ2n) is 4.37. The molecule has 1 atom stereocenters. The van der Waals surface area contributed by atoms with E-state index < -0.39 is 15.7 Å². The number of nitrogen functional groups attached to an aromatic ring is 1. The fraction of sp³-hybridized carbons (Fsp3) is 0.143. The summed E-state index contributed by atoms with van der Waals surface area (Å²) in [6.07, 6.45) is 0.360. The summed E-state index contributed by atoms with van der Waals surface area (Å²) in [6, 6.07) is 11.7. The summed E-state index contributed by atoms with van der Waals surface area (Å²) < 4.78 is 13.1. The predicted molar refractivity (Wildman–Crippen MR) is 86.6 cm³/mol. The number of anilines is 1. The number of nitro benzene ring substituents is 1. The Morgan fingerprint density at radius 1 is 1.24 bits per heavy atom. The van der Waals surface area contributed by atoms with Crippen molar-refractivity contribution >= 4 is 38.1 Å². The van der Waals surface area contributed by atoms with Gasteiger partial charge in [-0.05, 0) is 24.6 Å². The van der Waals surface area contributed by atoms with Crippen molar-refractivity contribution in [3.8, 4) is 0 Å². The molecule has 0 spiro atoms. The lowest BCUT2D eigenvalue weighted by Gasteiger charge is -2.07. The number of hydrogen-bond acceptors (Lipinski definition) is 4. The quantitative estimate of drug-likeness (QED) is 0.498. The summed E-state index contributed by atoms with van der Waals surface area (Å²) in [7, 11) is -1.29. The number of para-hydroxylation sites is 1. The maximum atomic E-state index is 12.3. The van der Waals surface area contributed by atoms with Gasteiger partial charge in [-0.15, -0.1) is 0 Å². The molecule has 2 rings (SSSR count). The Hall–Kier alpha value is -1.73. The molecule has 0 bridgehead atoms. The minimum atomic E-state index is -1.29. The zero-order valence-corrected chi connectivity index (χ0v) is 13.4. The van der Waals surface area contributed by atoms with E-state index in [0.29, 0.717) is 22.6 Å². The van der Waals surface area contributed by atoms with Crippen molar-refractivity contribution in [3.05, 3.63) is 62.6 Å². The van der Waals surface area contributed by atoms with E-state index in [1.165, 1.54) is 6.07 Å². The molecule has 0 amide bonds. The molecule has 110 valence electrons. The van der Waals surface area contributed by atoms with Crippen LogP contribution < -0.4 is 5.73 Å². The first-order valence-electron chi connectivity index (χ1n) is 6.14. The van der Waals surface area contributed by atoms with Gasteiger partial charge >= 0.3 is 0 Å². The second kappa shape index (κ2) is 6.82. The Morgan fingerprint density at radius 3 is 2.62 bits per heavy atom. The van der Waals surface area contributed by atoms with E-state index in [1.54, 1.807) is 36.4 Å². The van der Waals surface area contributed by atoms with Crippen LogP contribution in [0.1, 0.15) is 5.56 Å². The highest BCUT2D eigenvalue weighted by molar-refractivity contribution is 9.10. The lowest BCUT2D eigenvalue weighted by atomic mass is 10.1. The monoisotopic (exact) mass is 368 g/mol. The molecule has 0 aliphatic carbocycles. The first kappa shape index (κ1) is 15.7. The van der Waals surface area contributed by atoms with Crippen LogP contribution in [0.2, 0.25) is 0 Å². The maximum Gasteiger partial charge on any atom is 0.272 e. The molecule has 0 saturated heterocycles. The third kappa shape index (κ3) is 3.89. The summed E-state index contributed by atoms with van der Waals surface area (Å²) in [5.41, 5.74) is 6.92. The minimum Gasteiger partial charge on any atom is -0.398 e. The number of benzene rings is 2. The topological polar surface area (TPSA) is 86.2 Å². The largest absolute Gasteiger partial charge is 0.398 e. The lowest BCUT2D eigenvalue weighted by Crippen LogP contribution is -2.06. The number of nitrogens with zero attached hydrogens (tertiary/aromatic N) is 1. The van der Waals surface area contributed by atoms with Gasteiger partial charge in [0.25, 0.3) is 5.69 Å². The molecule has 7 heteroatoms. The molecule has 0 radical (unpaired) electrons. The highest BCUT2D eigenvalue weighted by Gasteiger charge is 2.14. The van der Waals surface area contributed by atoms with E-state index >= 15 is 0 Å². The summed E-state index contributed by atoms with van der Waals surface area (Å²) in [5, 5.41) is 10.9. The van der Waals surface area contributed by atoms with Crippen LogP contribution in [0, 0.1) is 10.1 Å². The first-order valence-corrected chi connectivity index (χ1v) is 8.26. The Balaban J connectivity index is 2.13. The van der Waals surface area contributed by atoms with E-state index in [-0.39, 0.29) is 11.4 Å². The highest BCUT2D eigenvalue weighted by Crippen LogP contribution is 2.23. The summed E-state index contributed by atoms with van der Waals surface area (Å²) in [5.74, 6) is 0.288. The van der Waals surface area contributed by atoms with Crippen molar-refractivity contribution in [2.45, 2.75) is 11.3 Å². The Bertz CT molecular complexity index is 706. The summed E-state index contributed by atoms with van der Waals surface area (Å²) >= 11 is 3.29. The van der Waals surface area contributed by atoms with E-state index in [1.807, 2.05) is 0 Å². The molecule has 2 aromatic rings. The lowest BCUT2D eigenvalue weighted by molar-refractivity contribution is -0.385. The molecular weight excluding hydrogens is 356 g/mol. The second-order valence-corrected chi connectivity index (χ2v) is 6.82. The molecule has 0 aliphatic rings. The molecule has 5 nitrogen and oxygen atoms in total. The van der Waals surface area contributed by atoms with Crippen LogP contribution in [0.5, 0.6) is 0 Å². The van der Waals surface area contributed by atoms with Gasteiger partial charge in [-0.1, -0.05) is 34.1 Å². The number of nitro groups is 1. The van der Waals surface area contributed by atoms with E-state index in [2.05, 4.69) is 15.9 Å². The summed E-state index contributed by atoms with van der Waals surface area (Å²) in [6.45, 7) is 0. The molecule has 2 aromatic carbocycles. The Labute approximate surface area is 132 Å². The van der Waals surface area contributed by atoms with Crippen LogP contribution in [-0.2, 0) is 17.2 Å². The average molecular weight is 369 g/mol. The van der Waals surface area contributed by atoms with Crippen LogP contribution in [0.25, 0.3) is 0 Å². The van der Waals surface area contributed by atoms with Gasteiger partial charge in [-0.3, -0.25) is 14.3 Å². The molecule has 1 unspecified atom stereocenters. The van der Waals surface area contributed by atoms with Crippen molar-refractivity contribution in [1.82, 2.24) is 0 Å². The van der Waals surface area contributed by atoms with Crippen molar-refractivity contribution in [1.29, 1.82) is 0 Å². The van der Waals surface area contributed by atoms with Crippen LogP contribution in [0.4, 0.5) is 11.4 Å². The van der Waals surface area contributed by atoms with Crippen molar-refractivity contribution in [2.24, 2.45) is 0 Å². The van der Waals surface area contributed by atoms with Gasteiger partial charge in [0.1, 0.15) is 0 Å². The average Bonchev–Trinajstić information content (AvgIpc) is 2.45. The van der Waals surface area contributed by atoms with Crippen LogP contribution >= 0.6 is 15.9 Å². The molecule has 0 saturated carbocycles. The van der Waals surface area contributed by atoms with Crippen molar-refractivity contribution in [3.63, 3.8) is 0 Å². The molecular formula is C14H13BrN2O3S. The third-order valence-corrected chi connectivity index (χ3v) is 4.89. The standard InChI is InChI=1S/C14H13BrN2O3S/c15-11-5-6-14(12(16)9-11)21(20)8-7-10-3-1-2-4-13(10)17(18)19/h1-6,9H,7-8,16H2. The van der Waals surface area contributed by atoms with Gasteiger partial charge in [-0.25, -0.2) is 0 Å². The van der Waals surface area contributed by atoms with Gasteiger partial charge in [0.15, 0.2) is 0 Å². The molecule has 0 heterocycles. The summed E-state index contributed by atoms with van der Waals surface area (Å²) in [4.78, 5) is 11.1. The van der Waals surface area contributed by atoms with Crippen molar-refractivity contribution < 1.29 is 9.13 Å². The number of halogens is 1. The number of aryl methyl sites for hydroxylation is 1. The SMILES string of the molecule is Nc1cc(Br)ccc1S(=O)CCc1ccccc1[N+](=O)[O-]. The van der Waals surface area contributed by atoms with Crippen molar-refractivity contribution in [2.75, 3.05) is 11.5 Å². The maximum absolute atomic E-state index is 12.3. The van der Waals surface area contributed by atoms with E-state index in [4.69, 9.17) is 5.73 Å². The zero-order valence-electron chi connectivity index (χ0n) is 11.0. The zero-order chi connectivity index (χ0) is 15.4. The van der Waals surface area contributed by atoms with E-state index in [9.17, 15) is 14.3 Å². The van der Waals surface area contributed by atoms with Gasteiger partial charge < -0.3 is 5.73 Å². The molecule has 2 N–H and O–H groups in total. The number of nitrogens with two attached hydrogens (primary N) is 1. The number of rotatable bonds is 5. The molecule has 21 heavy (non-hydrogen) atoms. The fourth-order valence-electron chi connectivity index (χ4n) is 1.94. The number of hydrogen-bond donors (Lipinski definition) is 1. The normalized spacial score (nSPS) is 12.0. The van der Waals surface area contributed by atoms with Crippen LogP contribution in [0.3, 0.4) is 0 Å². The van der Waals surface area contributed by atoms with Gasteiger partial charge in [0, 0.05) is 27.5 Å². The minimum absolute atomic E-state index is 0.0540. The van der Waals surface area contributed by atoms with Crippen LogP contribution in [0.15, 0.2) is 51.8 Å². The Kier molecular flexibility index (Phi) is 5.08. The molecule has 0 aromatic heterocycles. The molecule has 0 aliphatic heterocycles. The van der Waals surface area contributed by atoms with Gasteiger partial charge in [0.2, 0.25) is 0 Å².